The molecule has 0 saturated carbocycles. The Morgan fingerprint density at radius 1 is 0.906 bits per heavy atom. The van der Waals surface area contributed by atoms with E-state index >= 15 is 0 Å². The van der Waals surface area contributed by atoms with E-state index in [9.17, 15) is 9.59 Å². The molecule has 4 aromatic rings. The van der Waals surface area contributed by atoms with Crippen LogP contribution in [0.5, 0.6) is 5.75 Å². The van der Waals surface area contributed by atoms with Gasteiger partial charge in [-0.1, -0.05) is 66.7 Å². The van der Waals surface area contributed by atoms with Gasteiger partial charge in [0.25, 0.3) is 5.91 Å². The van der Waals surface area contributed by atoms with Gasteiger partial charge in [0.2, 0.25) is 0 Å². The van der Waals surface area contributed by atoms with Crippen LogP contribution in [0, 0.1) is 0 Å². The van der Waals surface area contributed by atoms with Crippen molar-refractivity contribution in [3.8, 4) is 17.0 Å². The predicted molar refractivity (Wildman–Crippen MR) is 122 cm³/mol. The quantitative estimate of drug-likeness (QED) is 0.444. The number of para-hydroxylation sites is 2. The van der Waals surface area contributed by atoms with Crippen molar-refractivity contribution in [1.82, 2.24) is 10.3 Å². The molecule has 3 aromatic carbocycles. The average Bonchev–Trinajstić information content (AvgIpc) is 2.86. The molecule has 0 saturated heterocycles. The number of carbonyl (C=O) groups is 2. The zero-order valence-electron chi connectivity index (χ0n) is 17.6. The lowest BCUT2D eigenvalue weighted by Gasteiger charge is -2.11. The summed E-state index contributed by atoms with van der Waals surface area (Å²) in [5.41, 5.74) is 3.44. The van der Waals surface area contributed by atoms with Gasteiger partial charge in [0.05, 0.1) is 23.9 Å². The fourth-order valence-corrected chi connectivity index (χ4v) is 3.40. The Balaban J connectivity index is 1.48. The number of nitrogens with one attached hydrogen (secondary N) is 1. The van der Waals surface area contributed by atoms with Crippen molar-refractivity contribution in [2.45, 2.75) is 6.54 Å². The van der Waals surface area contributed by atoms with Gasteiger partial charge in [0, 0.05) is 23.1 Å². The summed E-state index contributed by atoms with van der Waals surface area (Å²) < 4.78 is 10.6. The summed E-state index contributed by atoms with van der Waals surface area (Å²) in [6.07, 6.45) is 0. The number of hydrogen-bond donors (Lipinski definition) is 1. The number of carbonyl (C=O) groups excluding carboxylic acids is 2. The molecule has 32 heavy (non-hydrogen) atoms. The fraction of sp³-hybridized carbons (Fsp3) is 0.115. The van der Waals surface area contributed by atoms with E-state index in [1.54, 1.807) is 13.2 Å². The number of hydrogen-bond acceptors (Lipinski definition) is 5. The van der Waals surface area contributed by atoms with Crippen molar-refractivity contribution in [2.75, 3.05) is 13.7 Å². The molecule has 6 nitrogen and oxygen atoms in total. The van der Waals surface area contributed by atoms with E-state index in [0.29, 0.717) is 27.9 Å². The number of pyridine rings is 1. The highest BCUT2D eigenvalue weighted by Gasteiger charge is 2.16. The number of esters is 1. The smallest absolute Gasteiger partial charge is 0.339 e. The number of methoxy groups -OCH3 is 1. The van der Waals surface area contributed by atoms with Crippen molar-refractivity contribution < 1.29 is 19.1 Å². The van der Waals surface area contributed by atoms with Crippen molar-refractivity contribution in [1.29, 1.82) is 0 Å². The molecule has 4 rings (SSSR count). The third kappa shape index (κ3) is 4.75. The van der Waals surface area contributed by atoms with E-state index in [1.165, 1.54) is 0 Å². The molecular weight excluding hydrogens is 404 g/mol. The molecule has 6 heteroatoms. The third-order valence-corrected chi connectivity index (χ3v) is 5.01. The average molecular weight is 426 g/mol. The van der Waals surface area contributed by atoms with Gasteiger partial charge in [-0.2, -0.15) is 0 Å². The Kier molecular flexibility index (Phi) is 6.41. The lowest BCUT2D eigenvalue weighted by atomic mass is 10.0. The maximum atomic E-state index is 12.9. The zero-order chi connectivity index (χ0) is 22.3. The third-order valence-electron chi connectivity index (χ3n) is 5.01. The number of amides is 1. The first kappa shape index (κ1) is 21.1. The van der Waals surface area contributed by atoms with Crippen LogP contribution in [0.4, 0.5) is 0 Å². The van der Waals surface area contributed by atoms with Crippen LogP contribution in [0.1, 0.15) is 15.9 Å². The number of ether oxygens (including phenoxy) is 2. The summed E-state index contributed by atoms with van der Waals surface area (Å²) >= 11 is 0. The lowest BCUT2D eigenvalue weighted by molar-refractivity contribution is -0.124. The van der Waals surface area contributed by atoms with Gasteiger partial charge in [-0.15, -0.1) is 0 Å². The van der Waals surface area contributed by atoms with Gasteiger partial charge >= 0.3 is 5.97 Å². The minimum absolute atomic E-state index is 0.275. The molecule has 0 unspecified atom stereocenters. The normalized spacial score (nSPS) is 10.5. The van der Waals surface area contributed by atoms with Gasteiger partial charge in [-0.25, -0.2) is 9.78 Å². The molecule has 1 N–H and O–H groups in total. The van der Waals surface area contributed by atoms with Crippen molar-refractivity contribution in [3.63, 3.8) is 0 Å². The Morgan fingerprint density at radius 3 is 2.44 bits per heavy atom. The highest BCUT2D eigenvalue weighted by molar-refractivity contribution is 6.05. The Bertz CT molecular complexity index is 1260. The summed E-state index contributed by atoms with van der Waals surface area (Å²) in [5, 5.41) is 3.42. The summed E-state index contributed by atoms with van der Waals surface area (Å²) in [6, 6.07) is 26.1. The van der Waals surface area contributed by atoms with Gasteiger partial charge in [0.15, 0.2) is 6.61 Å². The van der Waals surface area contributed by atoms with Crippen molar-refractivity contribution in [3.05, 3.63) is 96.1 Å². The minimum Gasteiger partial charge on any atom is -0.496 e. The Hall–Kier alpha value is -4.19. The molecule has 0 aliphatic carbocycles. The summed E-state index contributed by atoms with van der Waals surface area (Å²) in [7, 11) is 1.57. The lowest BCUT2D eigenvalue weighted by Crippen LogP contribution is -2.28. The zero-order valence-corrected chi connectivity index (χ0v) is 17.6. The second-order valence-corrected chi connectivity index (χ2v) is 7.10. The Labute approximate surface area is 185 Å². The van der Waals surface area contributed by atoms with E-state index in [4.69, 9.17) is 9.47 Å². The number of rotatable bonds is 7. The predicted octanol–water partition coefficient (Wildman–Crippen LogP) is 4.38. The maximum Gasteiger partial charge on any atom is 0.339 e. The number of nitrogens with zero attached hydrogens (tertiary/aromatic N) is 1. The molecule has 0 radical (unpaired) electrons. The van der Waals surface area contributed by atoms with Crippen LogP contribution >= 0.6 is 0 Å². The molecule has 0 aliphatic rings. The van der Waals surface area contributed by atoms with Crippen LogP contribution < -0.4 is 10.1 Å². The molecule has 1 heterocycles. The first-order valence-electron chi connectivity index (χ1n) is 10.2. The van der Waals surface area contributed by atoms with Gasteiger partial charge in [-0.05, 0) is 18.2 Å². The van der Waals surface area contributed by atoms with Gasteiger partial charge in [0.1, 0.15) is 5.75 Å². The maximum absolute atomic E-state index is 12.9. The molecule has 0 aliphatic heterocycles. The largest absolute Gasteiger partial charge is 0.496 e. The van der Waals surface area contributed by atoms with Crippen molar-refractivity contribution >= 4 is 22.8 Å². The number of aromatic nitrogens is 1. The molecular formula is C26H22N2O4. The van der Waals surface area contributed by atoms with E-state index < -0.39 is 11.9 Å². The van der Waals surface area contributed by atoms with Crippen LogP contribution in [0.25, 0.3) is 22.2 Å². The monoisotopic (exact) mass is 426 g/mol. The van der Waals surface area contributed by atoms with Gasteiger partial charge < -0.3 is 14.8 Å². The van der Waals surface area contributed by atoms with Crippen LogP contribution in [0.2, 0.25) is 0 Å². The summed E-state index contributed by atoms with van der Waals surface area (Å²) in [6.45, 7) is -0.109. The Morgan fingerprint density at radius 2 is 1.62 bits per heavy atom. The van der Waals surface area contributed by atoms with Crippen LogP contribution in [-0.2, 0) is 16.1 Å². The molecule has 0 fully saturated rings. The number of benzene rings is 3. The number of fused-ring (bicyclic) bond motifs is 1. The van der Waals surface area contributed by atoms with Crippen LogP contribution in [0.3, 0.4) is 0 Å². The molecule has 0 bridgehead atoms. The van der Waals surface area contributed by atoms with E-state index in [2.05, 4.69) is 10.3 Å². The van der Waals surface area contributed by atoms with Gasteiger partial charge in [-0.3, -0.25) is 4.79 Å². The van der Waals surface area contributed by atoms with E-state index in [-0.39, 0.29) is 13.2 Å². The first-order valence-corrected chi connectivity index (χ1v) is 10.2. The molecule has 1 aromatic heterocycles. The SMILES string of the molecule is COc1ccccc1CNC(=O)COC(=O)c1cc(-c2ccccc2)nc2ccccc12. The topological polar surface area (TPSA) is 77.5 Å². The molecule has 1 amide bonds. The highest BCUT2D eigenvalue weighted by atomic mass is 16.5. The second kappa shape index (κ2) is 9.75. The van der Waals surface area contributed by atoms with Crippen LogP contribution in [0.15, 0.2) is 84.9 Å². The summed E-state index contributed by atoms with van der Waals surface area (Å²) in [4.78, 5) is 29.8. The molecule has 160 valence electrons. The molecule has 0 atom stereocenters. The standard InChI is InChI=1S/C26H22N2O4/c1-31-24-14-8-5-11-19(24)16-27-25(29)17-32-26(30)21-15-23(18-9-3-2-4-10-18)28-22-13-7-6-12-20(21)22/h2-15H,16-17H2,1H3,(H,27,29). The van der Waals surface area contributed by atoms with Crippen LogP contribution in [-0.4, -0.2) is 30.6 Å². The second-order valence-electron chi connectivity index (χ2n) is 7.10. The first-order chi connectivity index (χ1) is 15.7. The summed E-state index contributed by atoms with van der Waals surface area (Å²) in [5.74, 6) is -0.291. The highest BCUT2D eigenvalue weighted by Crippen LogP contribution is 2.25. The molecule has 0 spiro atoms. The van der Waals surface area contributed by atoms with Crippen molar-refractivity contribution in [2.24, 2.45) is 0 Å². The van der Waals surface area contributed by atoms with E-state index in [0.717, 1.165) is 11.1 Å². The fourth-order valence-electron chi connectivity index (χ4n) is 3.40. The van der Waals surface area contributed by atoms with E-state index in [1.807, 2.05) is 78.9 Å². The minimum atomic E-state index is -0.576.